The number of nitrogens with zero attached hydrogens (tertiary/aromatic N) is 2. The number of hydrogen-bond acceptors (Lipinski definition) is 4. The van der Waals surface area contributed by atoms with Gasteiger partial charge in [0.25, 0.3) is 5.91 Å². The molecule has 1 unspecified atom stereocenters. The van der Waals surface area contributed by atoms with Gasteiger partial charge in [0.05, 0.1) is 13.2 Å². The van der Waals surface area contributed by atoms with Crippen LogP contribution in [0.15, 0.2) is 60.8 Å². The third kappa shape index (κ3) is 4.17. The lowest BCUT2D eigenvalue weighted by atomic mass is 10.0. The summed E-state index contributed by atoms with van der Waals surface area (Å²) in [7, 11) is 1.69. The third-order valence-corrected chi connectivity index (χ3v) is 5.86. The fraction of sp³-hybridized carbons (Fsp3) is 0.304. The van der Waals surface area contributed by atoms with Crippen LogP contribution < -0.4 is 10.1 Å². The number of aromatic nitrogens is 2. The first kappa shape index (κ1) is 20.4. The van der Waals surface area contributed by atoms with Crippen LogP contribution in [0.4, 0.5) is 0 Å². The molecule has 1 fully saturated rings. The number of para-hydroxylation sites is 2. The Balaban J connectivity index is 1.58. The van der Waals surface area contributed by atoms with Gasteiger partial charge in [-0.2, -0.15) is 0 Å². The number of methoxy groups -OCH3 is 1. The van der Waals surface area contributed by atoms with E-state index in [1.807, 2.05) is 48.5 Å². The number of imidazole rings is 1. The van der Waals surface area contributed by atoms with Crippen LogP contribution in [0, 0.1) is 4.77 Å². The molecule has 1 amide bonds. The Kier molecular flexibility index (Phi) is 6.30. The number of amides is 1. The first-order valence-corrected chi connectivity index (χ1v) is 10.6. The van der Waals surface area contributed by atoms with Crippen LogP contribution in [-0.2, 0) is 0 Å². The van der Waals surface area contributed by atoms with Gasteiger partial charge >= 0.3 is 0 Å². The van der Waals surface area contributed by atoms with Crippen molar-refractivity contribution >= 4 is 18.1 Å². The monoisotopic (exact) mass is 422 g/mol. The lowest BCUT2D eigenvalue weighted by Gasteiger charge is -2.29. The maximum Gasteiger partial charge on any atom is 0.269 e. The van der Waals surface area contributed by atoms with E-state index in [4.69, 9.17) is 17.0 Å². The minimum Gasteiger partial charge on any atom is -0.496 e. The van der Waals surface area contributed by atoms with Gasteiger partial charge in [-0.15, -0.1) is 0 Å². The van der Waals surface area contributed by atoms with Crippen LogP contribution >= 0.6 is 12.2 Å². The molecule has 0 radical (unpaired) electrons. The van der Waals surface area contributed by atoms with Gasteiger partial charge < -0.3 is 15.0 Å². The summed E-state index contributed by atoms with van der Waals surface area (Å²) < 4.78 is 7.85. The summed E-state index contributed by atoms with van der Waals surface area (Å²) in [6.45, 7) is 2.53. The maximum atomic E-state index is 13.1. The smallest absolute Gasteiger partial charge is 0.269 e. The van der Waals surface area contributed by atoms with Crippen molar-refractivity contribution in [3.8, 4) is 11.4 Å². The first-order valence-electron chi connectivity index (χ1n) is 10.2. The molecule has 1 aliphatic heterocycles. The van der Waals surface area contributed by atoms with Gasteiger partial charge in [-0.3, -0.25) is 14.3 Å². The molecule has 3 aromatic rings. The predicted molar refractivity (Wildman–Crippen MR) is 120 cm³/mol. The van der Waals surface area contributed by atoms with Gasteiger partial charge in [0, 0.05) is 24.0 Å². The van der Waals surface area contributed by atoms with E-state index in [1.54, 1.807) is 17.9 Å². The Morgan fingerprint density at radius 1 is 1.13 bits per heavy atom. The number of nitrogens with one attached hydrogen (secondary N) is 2. The quantitative estimate of drug-likeness (QED) is 0.563. The lowest BCUT2D eigenvalue weighted by molar-refractivity contribution is 0.0930. The Labute approximate surface area is 181 Å². The number of carbonyl (C=O) groups is 1. The maximum absolute atomic E-state index is 13.1. The van der Waals surface area contributed by atoms with Crippen LogP contribution in [0.3, 0.4) is 0 Å². The van der Waals surface area contributed by atoms with Crippen LogP contribution in [0.5, 0.6) is 5.75 Å². The highest BCUT2D eigenvalue weighted by molar-refractivity contribution is 7.71. The average molecular weight is 423 g/mol. The molecule has 0 bridgehead atoms. The molecule has 2 N–H and O–H groups in total. The number of rotatable bonds is 7. The molecule has 0 aliphatic carbocycles. The van der Waals surface area contributed by atoms with Crippen molar-refractivity contribution < 1.29 is 9.53 Å². The minimum absolute atomic E-state index is 0.0553. The molecule has 7 heteroatoms. The van der Waals surface area contributed by atoms with Gasteiger partial charge in [-0.1, -0.05) is 36.4 Å². The van der Waals surface area contributed by atoms with Gasteiger partial charge in [0.1, 0.15) is 11.4 Å². The van der Waals surface area contributed by atoms with E-state index in [-0.39, 0.29) is 11.9 Å². The second kappa shape index (κ2) is 9.28. The fourth-order valence-electron chi connectivity index (χ4n) is 4.08. The summed E-state index contributed by atoms with van der Waals surface area (Å²) in [5, 5.41) is 3.13. The van der Waals surface area contributed by atoms with Crippen molar-refractivity contribution in [2.24, 2.45) is 0 Å². The summed E-state index contributed by atoms with van der Waals surface area (Å²) in [6.07, 6.45) is 4.01. The highest BCUT2D eigenvalue weighted by Gasteiger charge is 2.27. The van der Waals surface area contributed by atoms with Crippen LogP contribution in [-0.4, -0.2) is 47.1 Å². The third-order valence-electron chi connectivity index (χ3n) is 5.56. The second-order valence-electron chi connectivity index (χ2n) is 7.36. The van der Waals surface area contributed by atoms with Gasteiger partial charge in [-0.05, 0) is 56.3 Å². The lowest BCUT2D eigenvalue weighted by Crippen LogP contribution is -2.37. The zero-order chi connectivity index (χ0) is 20.9. The van der Waals surface area contributed by atoms with Gasteiger partial charge in [0.2, 0.25) is 0 Å². The number of benzene rings is 2. The van der Waals surface area contributed by atoms with E-state index in [0.29, 0.717) is 17.0 Å². The van der Waals surface area contributed by atoms with E-state index in [0.717, 1.165) is 30.1 Å². The highest BCUT2D eigenvalue weighted by Crippen LogP contribution is 2.31. The molecule has 0 saturated carbocycles. The molecule has 1 aliphatic rings. The molecule has 30 heavy (non-hydrogen) atoms. The summed E-state index contributed by atoms with van der Waals surface area (Å²) in [6, 6.07) is 17.7. The zero-order valence-electron chi connectivity index (χ0n) is 17.0. The molecule has 0 spiro atoms. The number of aromatic amines is 1. The van der Waals surface area contributed by atoms with Gasteiger partial charge in [-0.25, -0.2) is 0 Å². The van der Waals surface area contributed by atoms with Crippen LogP contribution in [0.25, 0.3) is 5.69 Å². The topological polar surface area (TPSA) is 62.3 Å². The van der Waals surface area contributed by atoms with E-state index >= 15 is 0 Å². The minimum atomic E-state index is -0.162. The summed E-state index contributed by atoms with van der Waals surface area (Å²) in [5.74, 6) is 0.683. The van der Waals surface area contributed by atoms with E-state index in [2.05, 4.69) is 21.3 Å². The second-order valence-corrected chi connectivity index (χ2v) is 7.75. The molecule has 1 aromatic heterocycles. The fourth-order valence-corrected chi connectivity index (χ4v) is 4.34. The normalized spacial score (nSPS) is 15.1. The van der Waals surface area contributed by atoms with E-state index in [1.165, 1.54) is 12.8 Å². The molecule has 4 rings (SSSR count). The average Bonchev–Trinajstić information content (AvgIpc) is 3.45. The zero-order valence-corrected chi connectivity index (χ0v) is 17.8. The standard InChI is InChI=1S/C23H26N4O2S/c1-29-21-12-6-5-11-18(21)19(26-13-7-8-14-26)15-24-22(28)20-16-25-23(30)27(20)17-9-3-2-4-10-17/h2-6,9-12,16,19H,7-8,13-15H2,1H3,(H,24,28)(H,25,30). The first-order chi connectivity index (χ1) is 14.7. The summed E-state index contributed by atoms with van der Waals surface area (Å²) in [4.78, 5) is 18.5. The molecule has 1 saturated heterocycles. The summed E-state index contributed by atoms with van der Waals surface area (Å²) >= 11 is 5.41. The Bertz CT molecular complexity index is 1050. The number of hydrogen-bond donors (Lipinski definition) is 2. The number of H-pyrrole nitrogens is 1. The van der Waals surface area contributed by atoms with E-state index < -0.39 is 0 Å². The molecule has 1 atom stereocenters. The Morgan fingerprint density at radius 3 is 2.57 bits per heavy atom. The van der Waals surface area contributed by atoms with Crippen LogP contribution in [0.1, 0.15) is 34.9 Å². The number of ether oxygens (including phenoxy) is 1. The molecule has 6 nitrogen and oxygen atoms in total. The molecule has 2 aromatic carbocycles. The van der Waals surface area contributed by atoms with Crippen molar-refractivity contribution in [2.45, 2.75) is 18.9 Å². The largest absolute Gasteiger partial charge is 0.496 e. The van der Waals surface area contributed by atoms with Crippen LogP contribution in [0.2, 0.25) is 0 Å². The summed E-state index contributed by atoms with van der Waals surface area (Å²) in [5.41, 5.74) is 2.44. The SMILES string of the molecule is COc1ccccc1C(CNC(=O)c1c[nH]c(=S)n1-c1ccccc1)N1CCCC1. The van der Waals surface area contributed by atoms with Crippen molar-refractivity contribution in [2.75, 3.05) is 26.7 Å². The van der Waals surface area contributed by atoms with Crippen molar-refractivity contribution in [1.82, 2.24) is 19.8 Å². The van der Waals surface area contributed by atoms with Crippen molar-refractivity contribution in [1.29, 1.82) is 0 Å². The number of carbonyl (C=O) groups excluding carboxylic acids is 1. The molecular formula is C23H26N4O2S. The Hall–Kier alpha value is -2.90. The Morgan fingerprint density at radius 2 is 1.83 bits per heavy atom. The number of likely N-dealkylation sites (tertiary alicyclic amines) is 1. The molecular weight excluding hydrogens is 396 g/mol. The van der Waals surface area contributed by atoms with E-state index in [9.17, 15) is 4.79 Å². The molecule has 156 valence electrons. The molecule has 2 heterocycles. The van der Waals surface area contributed by atoms with Gasteiger partial charge in [0.15, 0.2) is 4.77 Å². The van der Waals surface area contributed by atoms with Crippen molar-refractivity contribution in [3.63, 3.8) is 0 Å². The highest BCUT2D eigenvalue weighted by atomic mass is 32.1. The van der Waals surface area contributed by atoms with Crippen molar-refractivity contribution in [3.05, 3.63) is 76.8 Å². The predicted octanol–water partition coefficient (Wildman–Crippen LogP) is 4.11.